The molecule has 2 aliphatic rings. The van der Waals surface area contributed by atoms with Crippen LogP contribution in [0.15, 0.2) is 36.7 Å². The first kappa shape index (κ1) is 17.1. The minimum Gasteiger partial charge on any atom is -0.363 e. The van der Waals surface area contributed by atoms with Crippen molar-refractivity contribution in [2.75, 3.05) is 0 Å². The van der Waals surface area contributed by atoms with Gasteiger partial charge in [-0.3, -0.25) is 10.1 Å². The summed E-state index contributed by atoms with van der Waals surface area (Å²) in [5.41, 5.74) is 6.88. The highest BCUT2D eigenvalue weighted by atomic mass is 16.6. The molecule has 0 radical (unpaired) electrons. The number of fused-ring (bicyclic) bond motifs is 5. The zero-order valence-corrected chi connectivity index (χ0v) is 16.0. The molecule has 5 rings (SSSR count). The van der Waals surface area contributed by atoms with Crippen LogP contribution in [-0.4, -0.2) is 20.8 Å². The molecule has 7 nitrogen and oxygen atoms in total. The van der Waals surface area contributed by atoms with Gasteiger partial charge >= 0.3 is 5.82 Å². The maximum atomic E-state index is 11.1. The van der Waals surface area contributed by atoms with E-state index < -0.39 is 0 Å². The number of non-ortho nitro benzene ring substituents is 1. The molecule has 2 atom stereocenters. The van der Waals surface area contributed by atoms with Gasteiger partial charge in [0, 0.05) is 23.7 Å². The van der Waals surface area contributed by atoms with Crippen LogP contribution in [0.5, 0.6) is 0 Å². The maximum absolute atomic E-state index is 11.1. The van der Waals surface area contributed by atoms with Crippen LogP contribution in [0.2, 0.25) is 0 Å². The minimum atomic E-state index is -0.345. The fourth-order valence-corrected chi connectivity index (χ4v) is 4.72. The molecule has 2 aromatic carbocycles. The van der Waals surface area contributed by atoms with Crippen LogP contribution in [-0.2, 0) is 17.8 Å². The largest absolute Gasteiger partial charge is 0.363 e. The summed E-state index contributed by atoms with van der Waals surface area (Å²) >= 11 is 0. The second kappa shape index (κ2) is 5.97. The molecular weight excluding hydrogens is 356 g/mol. The zero-order valence-electron chi connectivity index (χ0n) is 16.0. The summed E-state index contributed by atoms with van der Waals surface area (Å²) in [5.74, 6) is 0.867. The molecular formula is C21H21N4O3+. The standard InChI is InChI=1S/C21H21N4O3/c1-12-6-13(2)20(14(3)7-12)24-11-23-19(22-24)10-28-18-9-15-8-16(25(26)27)4-5-17(15)21(18)23/h4-8,11,18,21H,9-10H2,1-3H3/q+1/t18-,21+/m0/s1. The zero-order chi connectivity index (χ0) is 19.6. The van der Waals surface area contributed by atoms with Gasteiger partial charge in [-0.25, -0.2) is 4.57 Å². The summed E-state index contributed by atoms with van der Waals surface area (Å²) < 4.78 is 10.2. The van der Waals surface area contributed by atoms with E-state index >= 15 is 0 Å². The Bertz CT molecular complexity index is 1110. The van der Waals surface area contributed by atoms with Gasteiger partial charge in [0.15, 0.2) is 0 Å². The molecule has 0 saturated carbocycles. The topological polar surface area (TPSA) is 74.1 Å². The lowest BCUT2D eigenvalue weighted by Gasteiger charge is -2.23. The van der Waals surface area contributed by atoms with E-state index in [-0.39, 0.29) is 22.8 Å². The van der Waals surface area contributed by atoms with Gasteiger partial charge < -0.3 is 4.74 Å². The second-order valence-corrected chi connectivity index (χ2v) is 7.77. The molecule has 1 aliphatic carbocycles. The van der Waals surface area contributed by atoms with E-state index in [0.717, 1.165) is 22.6 Å². The van der Waals surface area contributed by atoms with Crippen LogP contribution >= 0.6 is 0 Å². The van der Waals surface area contributed by atoms with Crippen molar-refractivity contribution in [3.05, 3.63) is 80.4 Å². The lowest BCUT2D eigenvalue weighted by atomic mass is 10.1. The Morgan fingerprint density at radius 3 is 2.68 bits per heavy atom. The number of benzene rings is 2. The molecule has 0 N–H and O–H groups in total. The van der Waals surface area contributed by atoms with Gasteiger partial charge in [-0.2, -0.15) is 0 Å². The van der Waals surface area contributed by atoms with Crippen molar-refractivity contribution in [1.29, 1.82) is 0 Å². The maximum Gasteiger partial charge on any atom is 0.304 e. The van der Waals surface area contributed by atoms with E-state index in [1.807, 2.05) is 17.1 Å². The molecule has 3 aromatic rings. The van der Waals surface area contributed by atoms with Crippen molar-refractivity contribution < 1.29 is 14.2 Å². The molecule has 7 heteroatoms. The number of nitro groups is 1. The van der Waals surface area contributed by atoms with Gasteiger partial charge in [0.2, 0.25) is 6.33 Å². The third kappa shape index (κ3) is 2.46. The van der Waals surface area contributed by atoms with Gasteiger partial charge in [0.05, 0.1) is 4.92 Å². The number of hydrogen-bond acceptors (Lipinski definition) is 4. The predicted molar refractivity (Wildman–Crippen MR) is 101 cm³/mol. The molecule has 142 valence electrons. The monoisotopic (exact) mass is 377 g/mol. The van der Waals surface area contributed by atoms with Crippen LogP contribution in [0.1, 0.15) is 39.7 Å². The number of hydrogen-bond donors (Lipinski definition) is 0. The van der Waals surface area contributed by atoms with Crippen molar-refractivity contribution in [2.45, 2.75) is 45.9 Å². The lowest BCUT2D eigenvalue weighted by molar-refractivity contribution is -0.739. The second-order valence-electron chi connectivity index (χ2n) is 7.77. The van der Waals surface area contributed by atoms with Gasteiger partial charge in [-0.05, 0) is 49.1 Å². The molecule has 1 aliphatic heterocycles. The fourth-order valence-electron chi connectivity index (χ4n) is 4.72. The average molecular weight is 377 g/mol. The van der Waals surface area contributed by atoms with E-state index in [0.29, 0.717) is 13.0 Å². The number of rotatable bonds is 2. The van der Waals surface area contributed by atoms with Crippen molar-refractivity contribution in [3.8, 4) is 5.69 Å². The summed E-state index contributed by atoms with van der Waals surface area (Å²) in [4.78, 5) is 10.8. The number of nitrogens with zero attached hydrogens (tertiary/aromatic N) is 4. The predicted octanol–water partition coefficient (Wildman–Crippen LogP) is 3.04. The molecule has 0 unspecified atom stereocenters. The lowest BCUT2D eigenvalue weighted by Crippen LogP contribution is -2.51. The van der Waals surface area contributed by atoms with Crippen LogP contribution < -0.4 is 4.57 Å². The van der Waals surface area contributed by atoms with E-state index in [2.05, 4.69) is 37.5 Å². The van der Waals surface area contributed by atoms with E-state index in [9.17, 15) is 10.1 Å². The molecule has 0 spiro atoms. The first-order valence-electron chi connectivity index (χ1n) is 9.39. The van der Waals surface area contributed by atoms with Crippen molar-refractivity contribution in [2.24, 2.45) is 0 Å². The van der Waals surface area contributed by atoms with E-state index in [4.69, 9.17) is 9.84 Å². The normalized spacial score (nSPS) is 19.8. The summed E-state index contributed by atoms with van der Waals surface area (Å²) in [5, 5.41) is 15.9. The number of aryl methyl sites for hydroxylation is 3. The Morgan fingerprint density at radius 2 is 1.96 bits per heavy atom. The molecule has 0 saturated heterocycles. The Balaban J connectivity index is 1.61. The average Bonchev–Trinajstić information content (AvgIpc) is 3.20. The van der Waals surface area contributed by atoms with Crippen molar-refractivity contribution in [1.82, 2.24) is 9.78 Å². The molecule has 28 heavy (non-hydrogen) atoms. The summed E-state index contributed by atoms with van der Waals surface area (Å²) in [7, 11) is 0. The van der Waals surface area contributed by atoms with E-state index in [1.54, 1.807) is 12.1 Å². The minimum absolute atomic E-state index is 0.000588. The molecule has 1 aromatic heterocycles. The van der Waals surface area contributed by atoms with Crippen LogP contribution in [0, 0.1) is 30.9 Å². The Labute approximate surface area is 162 Å². The molecule has 2 heterocycles. The molecule has 0 amide bonds. The highest BCUT2D eigenvalue weighted by Crippen LogP contribution is 2.37. The third-order valence-corrected chi connectivity index (χ3v) is 5.77. The Kier molecular flexibility index (Phi) is 3.64. The first-order valence-corrected chi connectivity index (χ1v) is 9.39. The third-order valence-electron chi connectivity index (χ3n) is 5.77. The van der Waals surface area contributed by atoms with Gasteiger partial charge in [-0.1, -0.05) is 22.4 Å². The molecule has 0 bridgehead atoms. The number of ether oxygens (including phenoxy) is 1. The number of nitro benzene ring substituents is 1. The fraction of sp³-hybridized carbons (Fsp3) is 0.333. The van der Waals surface area contributed by atoms with Crippen LogP contribution in [0.25, 0.3) is 5.69 Å². The van der Waals surface area contributed by atoms with Gasteiger partial charge in [0.25, 0.3) is 5.69 Å². The first-order chi connectivity index (χ1) is 13.4. The smallest absolute Gasteiger partial charge is 0.304 e. The van der Waals surface area contributed by atoms with Crippen LogP contribution in [0.4, 0.5) is 5.69 Å². The Morgan fingerprint density at radius 1 is 1.21 bits per heavy atom. The number of aromatic nitrogens is 3. The summed E-state index contributed by atoms with van der Waals surface area (Å²) in [6.07, 6.45) is 2.70. The molecule has 0 fully saturated rings. The van der Waals surface area contributed by atoms with Crippen molar-refractivity contribution >= 4 is 5.69 Å². The quantitative estimate of drug-likeness (QED) is 0.391. The van der Waals surface area contributed by atoms with E-state index in [1.165, 1.54) is 16.7 Å². The van der Waals surface area contributed by atoms with Crippen LogP contribution in [0.3, 0.4) is 0 Å². The highest BCUT2D eigenvalue weighted by molar-refractivity contribution is 5.48. The Hall–Kier alpha value is -3.06. The van der Waals surface area contributed by atoms with Gasteiger partial charge in [-0.15, -0.1) is 0 Å². The summed E-state index contributed by atoms with van der Waals surface area (Å²) in [6, 6.07) is 9.45. The SMILES string of the molecule is Cc1cc(C)c(-n2c[n+]3c(n2)CO[C@H]2Cc4cc([N+](=O)[O-])ccc4[C@H]23)c(C)c1. The highest BCUT2D eigenvalue weighted by Gasteiger charge is 2.44. The van der Waals surface area contributed by atoms with Gasteiger partial charge in [0.1, 0.15) is 24.4 Å². The summed E-state index contributed by atoms with van der Waals surface area (Å²) in [6.45, 7) is 6.74. The van der Waals surface area contributed by atoms with Crippen molar-refractivity contribution in [3.63, 3.8) is 0 Å².